The Bertz CT molecular complexity index is 1100. The van der Waals surface area contributed by atoms with E-state index in [1.54, 1.807) is 6.92 Å². The number of allylic oxidation sites excluding steroid dienone is 1. The number of fused-ring (bicyclic) bond motifs is 1. The van der Waals surface area contributed by atoms with Gasteiger partial charge >= 0.3 is 5.97 Å². The first kappa shape index (κ1) is 26.6. The number of nitrogens with one attached hydrogen (secondary N) is 1. The van der Waals surface area contributed by atoms with Gasteiger partial charge in [0.1, 0.15) is 6.04 Å². The number of carbonyl (C=O) groups excluding carboxylic acids is 3. The minimum absolute atomic E-state index is 0.147. The van der Waals surface area contributed by atoms with Gasteiger partial charge in [0.2, 0.25) is 11.8 Å². The number of benzene rings is 2. The van der Waals surface area contributed by atoms with Crippen molar-refractivity contribution in [2.24, 2.45) is 23.7 Å². The molecule has 0 aromatic heterocycles. The van der Waals surface area contributed by atoms with Crippen LogP contribution in [0.2, 0.25) is 0 Å². The normalized spacial score (nSPS) is 25.4. The second-order valence-electron chi connectivity index (χ2n) is 9.72. The SMILES string of the molecule is CCC[C@@H]1C=C[C@H]2[C@H](C(=O)N([C@H](CO)c3ccccc3)[C@@H]2C(=O)NCc2ccccc2)[C@@H]1C(=O)OCC. The maximum atomic E-state index is 14.2. The van der Waals surface area contributed by atoms with Gasteiger partial charge < -0.3 is 20.1 Å². The first-order chi connectivity index (χ1) is 18.0. The van der Waals surface area contributed by atoms with Crippen LogP contribution in [0.4, 0.5) is 0 Å². The molecular weight excluding hydrogens is 468 g/mol. The van der Waals surface area contributed by atoms with Gasteiger partial charge in [0.25, 0.3) is 0 Å². The molecule has 2 amide bonds. The minimum Gasteiger partial charge on any atom is -0.466 e. The lowest BCUT2D eigenvalue weighted by molar-refractivity contribution is -0.156. The summed E-state index contributed by atoms with van der Waals surface area (Å²) in [4.78, 5) is 42.6. The van der Waals surface area contributed by atoms with Crippen molar-refractivity contribution >= 4 is 17.8 Å². The number of aliphatic hydroxyl groups is 1. The van der Waals surface area contributed by atoms with E-state index in [2.05, 4.69) is 5.32 Å². The first-order valence-corrected chi connectivity index (χ1v) is 13.2. The Morgan fingerprint density at radius 2 is 1.70 bits per heavy atom. The van der Waals surface area contributed by atoms with E-state index in [4.69, 9.17) is 4.74 Å². The number of carbonyl (C=O) groups is 3. The van der Waals surface area contributed by atoms with Gasteiger partial charge in [-0.25, -0.2) is 0 Å². The average Bonchev–Trinajstić information content (AvgIpc) is 3.21. The number of rotatable bonds is 10. The Morgan fingerprint density at radius 3 is 2.32 bits per heavy atom. The van der Waals surface area contributed by atoms with Crippen molar-refractivity contribution in [2.45, 2.75) is 45.3 Å². The van der Waals surface area contributed by atoms with Gasteiger partial charge in [0, 0.05) is 12.5 Å². The molecule has 2 aromatic rings. The van der Waals surface area contributed by atoms with E-state index < -0.39 is 35.8 Å². The number of ether oxygens (including phenoxy) is 1. The van der Waals surface area contributed by atoms with E-state index in [1.807, 2.05) is 79.7 Å². The molecule has 0 spiro atoms. The van der Waals surface area contributed by atoms with Crippen molar-refractivity contribution in [1.82, 2.24) is 10.2 Å². The standard InChI is InChI=1S/C30H36N2O5/c1-3-11-22-16-17-23-26(25(22)30(36)37-4-2)29(35)32(24(19-33)21-14-9-6-10-15-21)27(23)28(34)31-18-20-12-7-5-8-13-20/h5-10,12-17,22-27,33H,3-4,11,18-19H2,1-2H3,(H,31,34)/t22-,23+,24-,25-,26+,27+/m1/s1. The molecule has 0 bridgehead atoms. The highest BCUT2D eigenvalue weighted by Gasteiger charge is 2.59. The number of hydrogen-bond acceptors (Lipinski definition) is 5. The third-order valence-electron chi connectivity index (χ3n) is 7.50. The van der Waals surface area contributed by atoms with Crippen LogP contribution in [0.1, 0.15) is 43.9 Å². The summed E-state index contributed by atoms with van der Waals surface area (Å²) in [5.74, 6) is -3.07. The number of nitrogens with zero attached hydrogens (tertiary/aromatic N) is 1. The molecule has 7 nitrogen and oxygen atoms in total. The van der Waals surface area contributed by atoms with Crippen LogP contribution in [0.5, 0.6) is 0 Å². The number of likely N-dealkylation sites (tertiary alicyclic amines) is 1. The lowest BCUT2D eigenvalue weighted by atomic mass is 9.69. The van der Waals surface area contributed by atoms with Gasteiger partial charge in [-0.15, -0.1) is 0 Å². The summed E-state index contributed by atoms with van der Waals surface area (Å²) in [6, 6.07) is 17.2. The molecule has 4 rings (SSSR count). The highest BCUT2D eigenvalue weighted by Crippen LogP contribution is 2.48. The number of aliphatic hydroxyl groups excluding tert-OH is 1. The minimum atomic E-state index is -0.866. The largest absolute Gasteiger partial charge is 0.466 e. The molecule has 2 aromatic carbocycles. The molecule has 1 saturated heterocycles. The summed E-state index contributed by atoms with van der Waals surface area (Å²) in [5.41, 5.74) is 1.68. The quantitative estimate of drug-likeness (QED) is 0.380. The summed E-state index contributed by atoms with van der Waals surface area (Å²) >= 11 is 0. The van der Waals surface area contributed by atoms with Crippen molar-refractivity contribution in [3.05, 3.63) is 83.9 Å². The van der Waals surface area contributed by atoms with E-state index in [9.17, 15) is 19.5 Å². The Balaban J connectivity index is 1.74. The fourth-order valence-electron chi connectivity index (χ4n) is 5.87. The molecule has 1 aliphatic carbocycles. The van der Waals surface area contributed by atoms with Crippen LogP contribution in [0.25, 0.3) is 0 Å². The Labute approximate surface area is 218 Å². The maximum absolute atomic E-state index is 14.2. The van der Waals surface area contributed by atoms with E-state index in [0.717, 1.165) is 24.0 Å². The summed E-state index contributed by atoms with van der Waals surface area (Å²) in [6.07, 6.45) is 5.51. The van der Waals surface area contributed by atoms with Crippen molar-refractivity contribution in [2.75, 3.05) is 13.2 Å². The Hall–Kier alpha value is -3.45. The first-order valence-electron chi connectivity index (χ1n) is 13.2. The van der Waals surface area contributed by atoms with Gasteiger partial charge in [-0.1, -0.05) is 86.2 Å². The monoisotopic (exact) mass is 504 g/mol. The molecule has 0 unspecified atom stereocenters. The number of hydrogen-bond donors (Lipinski definition) is 2. The third kappa shape index (κ3) is 5.47. The van der Waals surface area contributed by atoms with Gasteiger partial charge in [-0.05, 0) is 30.4 Å². The molecule has 196 valence electrons. The van der Waals surface area contributed by atoms with Crippen LogP contribution in [0, 0.1) is 23.7 Å². The molecule has 7 heteroatoms. The summed E-state index contributed by atoms with van der Waals surface area (Å²) in [6.45, 7) is 3.99. The van der Waals surface area contributed by atoms with Crippen LogP contribution < -0.4 is 5.32 Å². The highest BCUT2D eigenvalue weighted by atomic mass is 16.5. The smallest absolute Gasteiger partial charge is 0.310 e. The maximum Gasteiger partial charge on any atom is 0.310 e. The van der Waals surface area contributed by atoms with Crippen LogP contribution in [0.3, 0.4) is 0 Å². The van der Waals surface area contributed by atoms with Gasteiger partial charge in [-0.2, -0.15) is 0 Å². The molecule has 0 radical (unpaired) electrons. The van der Waals surface area contributed by atoms with Gasteiger partial charge in [0.05, 0.1) is 31.1 Å². The summed E-state index contributed by atoms with van der Waals surface area (Å²) in [5, 5.41) is 13.5. The molecule has 1 aliphatic heterocycles. The van der Waals surface area contributed by atoms with Crippen LogP contribution in [-0.4, -0.2) is 47.0 Å². The van der Waals surface area contributed by atoms with Crippen molar-refractivity contribution in [1.29, 1.82) is 0 Å². The zero-order valence-electron chi connectivity index (χ0n) is 21.5. The van der Waals surface area contributed by atoms with E-state index in [1.165, 1.54) is 4.90 Å². The van der Waals surface area contributed by atoms with E-state index in [0.29, 0.717) is 6.54 Å². The molecule has 1 fully saturated rings. The Morgan fingerprint density at radius 1 is 1.03 bits per heavy atom. The molecule has 1 heterocycles. The molecule has 2 aliphatic rings. The molecule has 37 heavy (non-hydrogen) atoms. The lowest BCUT2D eigenvalue weighted by Crippen LogP contribution is -2.49. The topological polar surface area (TPSA) is 95.9 Å². The van der Waals surface area contributed by atoms with E-state index >= 15 is 0 Å². The van der Waals surface area contributed by atoms with Crippen LogP contribution in [-0.2, 0) is 25.7 Å². The zero-order chi connectivity index (χ0) is 26.4. The highest BCUT2D eigenvalue weighted by molar-refractivity contribution is 5.96. The van der Waals surface area contributed by atoms with Crippen molar-refractivity contribution in [3.8, 4) is 0 Å². The van der Waals surface area contributed by atoms with Gasteiger partial charge in [0.15, 0.2) is 0 Å². The average molecular weight is 505 g/mol. The summed E-state index contributed by atoms with van der Waals surface area (Å²) in [7, 11) is 0. The zero-order valence-corrected chi connectivity index (χ0v) is 21.5. The van der Waals surface area contributed by atoms with Gasteiger partial charge in [-0.3, -0.25) is 14.4 Å². The molecule has 2 N–H and O–H groups in total. The third-order valence-corrected chi connectivity index (χ3v) is 7.50. The lowest BCUT2D eigenvalue weighted by Gasteiger charge is -2.34. The van der Waals surface area contributed by atoms with Crippen molar-refractivity contribution in [3.63, 3.8) is 0 Å². The fraction of sp³-hybridized carbons (Fsp3) is 0.433. The molecule has 6 atom stereocenters. The predicted molar refractivity (Wildman–Crippen MR) is 140 cm³/mol. The van der Waals surface area contributed by atoms with E-state index in [-0.39, 0.29) is 30.9 Å². The summed E-state index contributed by atoms with van der Waals surface area (Å²) < 4.78 is 5.43. The number of amides is 2. The molecular formula is C30H36N2O5. The Kier molecular flexibility index (Phi) is 8.77. The molecule has 0 saturated carbocycles. The fourth-order valence-corrected chi connectivity index (χ4v) is 5.87. The number of esters is 1. The van der Waals surface area contributed by atoms with Crippen molar-refractivity contribution < 1.29 is 24.2 Å². The predicted octanol–water partition coefficient (Wildman–Crippen LogP) is 3.65. The van der Waals surface area contributed by atoms with Crippen LogP contribution in [0.15, 0.2) is 72.8 Å². The second kappa shape index (κ2) is 12.2. The second-order valence-corrected chi connectivity index (χ2v) is 9.72. The van der Waals surface area contributed by atoms with Crippen LogP contribution >= 0.6 is 0 Å².